The first kappa shape index (κ1) is 24.6. The number of para-hydroxylation sites is 1. The third-order valence-corrected chi connectivity index (χ3v) is 8.23. The van der Waals surface area contributed by atoms with E-state index in [2.05, 4.69) is 5.32 Å². The van der Waals surface area contributed by atoms with Gasteiger partial charge in [0.15, 0.2) is 0 Å². The van der Waals surface area contributed by atoms with E-state index >= 15 is 0 Å². The second kappa shape index (κ2) is 10.8. The molecule has 0 saturated heterocycles. The lowest BCUT2D eigenvalue weighted by Crippen LogP contribution is -2.38. The van der Waals surface area contributed by atoms with E-state index in [-0.39, 0.29) is 11.4 Å². The Morgan fingerprint density at radius 1 is 0.829 bits per heavy atom. The minimum absolute atomic E-state index is 0.132. The molecule has 4 aromatic carbocycles. The molecule has 0 spiro atoms. The number of amides is 1. The lowest BCUT2D eigenvalue weighted by Gasteiger charge is -2.26. The van der Waals surface area contributed by atoms with E-state index in [1.54, 1.807) is 24.3 Å². The Kier molecular flexibility index (Phi) is 7.58. The Hall–Kier alpha value is -3.55. The number of carbonyl (C=O) groups is 1. The van der Waals surface area contributed by atoms with Crippen LogP contribution in [0, 0.1) is 13.8 Å². The molecular weight excluding hydrogens is 476 g/mol. The molecule has 0 aliphatic carbocycles. The summed E-state index contributed by atoms with van der Waals surface area (Å²) in [5, 5.41) is 2.92. The van der Waals surface area contributed by atoms with Gasteiger partial charge in [-0.25, -0.2) is 8.42 Å². The fraction of sp³-hybridized carbons (Fsp3) is 0.107. The number of hydrogen-bond acceptors (Lipinski definition) is 4. The molecular formula is C28H26N2O3S2. The van der Waals surface area contributed by atoms with Gasteiger partial charge in [0.25, 0.3) is 10.0 Å². The van der Waals surface area contributed by atoms with Crippen molar-refractivity contribution in [3.8, 4) is 0 Å². The van der Waals surface area contributed by atoms with Crippen molar-refractivity contribution in [2.45, 2.75) is 28.5 Å². The van der Waals surface area contributed by atoms with Crippen LogP contribution in [0.4, 0.5) is 11.4 Å². The molecule has 0 heterocycles. The minimum Gasteiger partial charge on any atom is -0.323 e. The van der Waals surface area contributed by atoms with E-state index in [4.69, 9.17) is 0 Å². The summed E-state index contributed by atoms with van der Waals surface area (Å²) in [5.74, 6) is -0.425. The molecule has 4 aromatic rings. The number of sulfonamides is 1. The van der Waals surface area contributed by atoms with Gasteiger partial charge in [-0.05, 0) is 61.9 Å². The van der Waals surface area contributed by atoms with Gasteiger partial charge in [0, 0.05) is 9.79 Å². The van der Waals surface area contributed by atoms with Crippen LogP contribution in [0.25, 0.3) is 0 Å². The van der Waals surface area contributed by atoms with E-state index < -0.39 is 15.9 Å². The maximum atomic E-state index is 13.6. The van der Waals surface area contributed by atoms with Gasteiger partial charge >= 0.3 is 0 Å². The van der Waals surface area contributed by atoms with Crippen LogP contribution in [0.15, 0.2) is 118 Å². The van der Waals surface area contributed by atoms with Gasteiger partial charge in [-0.1, -0.05) is 78.0 Å². The van der Waals surface area contributed by atoms with Crippen molar-refractivity contribution in [1.29, 1.82) is 0 Å². The Morgan fingerprint density at radius 3 is 2.14 bits per heavy atom. The first-order valence-corrected chi connectivity index (χ1v) is 13.4. The lowest BCUT2D eigenvalue weighted by atomic mass is 10.1. The molecule has 7 heteroatoms. The van der Waals surface area contributed by atoms with Crippen LogP contribution >= 0.6 is 11.8 Å². The van der Waals surface area contributed by atoms with E-state index in [0.717, 1.165) is 20.9 Å². The highest BCUT2D eigenvalue weighted by molar-refractivity contribution is 7.99. The molecule has 35 heavy (non-hydrogen) atoms. The molecule has 0 aliphatic heterocycles. The molecule has 0 radical (unpaired) electrons. The summed E-state index contributed by atoms with van der Waals surface area (Å²) in [6, 6.07) is 31.0. The zero-order valence-corrected chi connectivity index (χ0v) is 21.1. The second-order valence-electron chi connectivity index (χ2n) is 8.07. The summed E-state index contributed by atoms with van der Waals surface area (Å²) in [5.41, 5.74) is 2.89. The van der Waals surface area contributed by atoms with Crippen LogP contribution in [0.3, 0.4) is 0 Å². The van der Waals surface area contributed by atoms with Gasteiger partial charge in [-0.2, -0.15) is 0 Å². The maximum absolute atomic E-state index is 13.6. The molecule has 0 saturated carbocycles. The molecule has 4 rings (SSSR count). The van der Waals surface area contributed by atoms with Crippen molar-refractivity contribution in [3.05, 3.63) is 114 Å². The molecule has 0 fully saturated rings. The van der Waals surface area contributed by atoms with Crippen LogP contribution in [0.5, 0.6) is 0 Å². The number of anilines is 2. The normalized spacial score (nSPS) is 11.1. The van der Waals surface area contributed by atoms with Crippen molar-refractivity contribution >= 4 is 39.1 Å². The number of nitrogens with one attached hydrogen (secondary N) is 1. The number of carbonyl (C=O) groups excluding carboxylic acids is 1. The first-order chi connectivity index (χ1) is 16.8. The molecule has 0 aliphatic rings. The minimum atomic E-state index is -3.97. The highest BCUT2D eigenvalue weighted by Crippen LogP contribution is 2.33. The number of hydrogen-bond donors (Lipinski definition) is 1. The van der Waals surface area contributed by atoms with Crippen LogP contribution in [-0.4, -0.2) is 20.9 Å². The fourth-order valence-corrected chi connectivity index (χ4v) is 6.13. The van der Waals surface area contributed by atoms with Gasteiger partial charge in [0.1, 0.15) is 6.54 Å². The van der Waals surface area contributed by atoms with Crippen molar-refractivity contribution in [3.63, 3.8) is 0 Å². The Bertz CT molecular complexity index is 1420. The SMILES string of the molecule is Cc1ccc(N(CC(=O)Nc2ccccc2Sc2ccccc2)S(=O)(=O)c2ccccc2)c(C)c1. The fourth-order valence-electron chi connectivity index (χ4n) is 3.70. The van der Waals surface area contributed by atoms with Gasteiger partial charge in [-0.15, -0.1) is 0 Å². The average molecular weight is 503 g/mol. The zero-order chi connectivity index (χ0) is 24.8. The predicted octanol–water partition coefficient (Wildman–Crippen LogP) is 6.29. The quantitative estimate of drug-likeness (QED) is 0.308. The lowest BCUT2D eigenvalue weighted by molar-refractivity contribution is -0.114. The Balaban J connectivity index is 1.64. The van der Waals surface area contributed by atoms with Crippen LogP contribution in [0.1, 0.15) is 11.1 Å². The molecule has 1 amide bonds. The van der Waals surface area contributed by atoms with Crippen molar-refractivity contribution in [2.24, 2.45) is 0 Å². The Morgan fingerprint density at radius 2 is 1.46 bits per heavy atom. The highest BCUT2D eigenvalue weighted by atomic mass is 32.2. The molecule has 0 atom stereocenters. The highest BCUT2D eigenvalue weighted by Gasteiger charge is 2.28. The number of aryl methyl sites for hydroxylation is 2. The molecule has 0 bridgehead atoms. The zero-order valence-electron chi connectivity index (χ0n) is 19.5. The monoisotopic (exact) mass is 502 g/mol. The Labute approximate surface area is 210 Å². The van der Waals surface area contributed by atoms with Crippen LogP contribution < -0.4 is 9.62 Å². The van der Waals surface area contributed by atoms with Gasteiger partial charge in [0.2, 0.25) is 5.91 Å². The van der Waals surface area contributed by atoms with E-state index in [1.165, 1.54) is 28.2 Å². The van der Waals surface area contributed by atoms with Gasteiger partial charge in [0.05, 0.1) is 16.3 Å². The maximum Gasteiger partial charge on any atom is 0.264 e. The standard InChI is InChI=1S/C28H26N2O3S2/c1-21-17-18-26(22(2)19-21)30(35(32,33)24-13-7-4-8-14-24)20-28(31)29-25-15-9-10-16-27(25)34-23-11-5-3-6-12-23/h3-19H,20H2,1-2H3,(H,29,31). The topological polar surface area (TPSA) is 66.5 Å². The summed E-state index contributed by atoms with van der Waals surface area (Å²) in [6.45, 7) is 3.44. The molecule has 1 N–H and O–H groups in total. The third-order valence-electron chi connectivity index (χ3n) is 5.37. The molecule has 0 unspecified atom stereocenters. The number of benzene rings is 4. The summed E-state index contributed by atoms with van der Waals surface area (Å²) >= 11 is 1.53. The van der Waals surface area contributed by atoms with Crippen molar-refractivity contribution in [2.75, 3.05) is 16.2 Å². The predicted molar refractivity (Wildman–Crippen MR) is 143 cm³/mol. The molecule has 0 aromatic heterocycles. The second-order valence-corrected chi connectivity index (χ2v) is 11.1. The van der Waals surface area contributed by atoms with Crippen LogP contribution in [0.2, 0.25) is 0 Å². The average Bonchev–Trinajstić information content (AvgIpc) is 2.85. The largest absolute Gasteiger partial charge is 0.323 e. The summed E-state index contributed by atoms with van der Waals surface area (Å²) in [4.78, 5) is 15.3. The summed E-state index contributed by atoms with van der Waals surface area (Å²) in [7, 11) is -3.97. The van der Waals surface area contributed by atoms with Crippen molar-refractivity contribution < 1.29 is 13.2 Å². The van der Waals surface area contributed by atoms with E-state index in [0.29, 0.717) is 11.4 Å². The first-order valence-electron chi connectivity index (χ1n) is 11.1. The third kappa shape index (κ3) is 5.93. The summed E-state index contributed by atoms with van der Waals surface area (Å²) < 4.78 is 28.4. The smallest absolute Gasteiger partial charge is 0.264 e. The molecule has 178 valence electrons. The summed E-state index contributed by atoms with van der Waals surface area (Å²) in [6.07, 6.45) is 0. The van der Waals surface area contributed by atoms with Gasteiger partial charge in [-0.3, -0.25) is 9.10 Å². The van der Waals surface area contributed by atoms with Crippen molar-refractivity contribution in [1.82, 2.24) is 0 Å². The number of rotatable bonds is 8. The van der Waals surface area contributed by atoms with E-state index in [9.17, 15) is 13.2 Å². The number of nitrogens with zero attached hydrogens (tertiary/aromatic N) is 1. The van der Waals surface area contributed by atoms with Crippen LogP contribution in [-0.2, 0) is 14.8 Å². The molecule has 5 nitrogen and oxygen atoms in total. The van der Waals surface area contributed by atoms with Gasteiger partial charge < -0.3 is 5.32 Å². The van der Waals surface area contributed by atoms with E-state index in [1.807, 2.05) is 80.6 Å².